The standard InChI is InChI=1S/C19H22FN3O/c1-3-4-5-9-23(2)10-6-15-11-17(18(20)12-16(15)14-24)19-13-21-7-8-22-19/h6-8,10-14H,3-5,9H2,1-2H3/b10-6-. The Morgan fingerprint density at radius 1 is 1.21 bits per heavy atom. The van der Waals surface area contributed by atoms with Gasteiger partial charge in [0.15, 0.2) is 6.29 Å². The molecule has 0 atom stereocenters. The first-order valence-corrected chi connectivity index (χ1v) is 8.09. The van der Waals surface area contributed by atoms with Gasteiger partial charge in [-0.3, -0.25) is 14.8 Å². The molecule has 0 fully saturated rings. The zero-order chi connectivity index (χ0) is 17.4. The SMILES string of the molecule is CCCCCN(C)/C=C\c1cc(-c2cnccn2)c(F)cc1C=O. The van der Waals surface area contributed by atoms with Gasteiger partial charge >= 0.3 is 0 Å². The van der Waals surface area contributed by atoms with Crippen molar-refractivity contribution in [3.8, 4) is 11.3 Å². The predicted molar refractivity (Wildman–Crippen MR) is 94.0 cm³/mol. The second-order valence-corrected chi connectivity index (χ2v) is 5.67. The number of nitrogens with zero attached hydrogens (tertiary/aromatic N) is 3. The molecule has 0 radical (unpaired) electrons. The van der Waals surface area contributed by atoms with Gasteiger partial charge in [0, 0.05) is 37.1 Å². The lowest BCUT2D eigenvalue weighted by Gasteiger charge is -2.13. The van der Waals surface area contributed by atoms with E-state index in [1.807, 2.05) is 19.3 Å². The second-order valence-electron chi connectivity index (χ2n) is 5.67. The highest BCUT2D eigenvalue weighted by atomic mass is 19.1. The summed E-state index contributed by atoms with van der Waals surface area (Å²) in [5.74, 6) is -0.481. The minimum atomic E-state index is -0.481. The van der Waals surface area contributed by atoms with Gasteiger partial charge in [-0.25, -0.2) is 4.39 Å². The second kappa shape index (κ2) is 8.91. The summed E-state index contributed by atoms with van der Waals surface area (Å²) in [6.45, 7) is 3.11. The highest BCUT2D eigenvalue weighted by Crippen LogP contribution is 2.24. The van der Waals surface area contributed by atoms with Gasteiger partial charge in [0.1, 0.15) is 5.82 Å². The van der Waals surface area contributed by atoms with Crippen molar-refractivity contribution in [2.24, 2.45) is 0 Å². The maximum atomic E-state index is 14.2. The van der Waals surface area contributed by atoms with Crippen LogP contribution in [0, 0.1) is 5.82 Å². The molecule has 1 heterocycles. The Balaban J connectivity index is 2.26. The van der Waals surface area contributed by atoms with Crippen LogP contribution < -0.4 is 0 Å². The van der Waals surface area contributed by atoms with E-state index in [0.717, 1.165) is 13.0 Å². The molecule has 0 aliphatic rings. The Hall–Kier alpha value is -2.56. The molecule has 2 rings (SSSR count). The zero-order valence-corrected chi connectivity index (χ0v) is 14.1. The molecular formula is C19H22FN3O. The molecule has 0 unspecified atom stereocenters. The first-order valence-electron chi connectivity index (χ1n) is 8.09. The lowest BCUT2D eigenvalue weighted by atomic mass is 10.0. The van der Waals surface area contributed by atoms with Crippen LogP contribution in [0.1, 0.15) is 42.1 Å². The minimum absolute atomic E-state index is 0.318. The molecular weight excluding hydrogens is 305 g/mol. The van der Waals surface area contributed by atoms with Gasteiger partial charge < -0.3 is 4.90 Å². The van der Waals surface area contributed by atoms with E-state index in [9.17, 15) is 9.18 Å². The molecule has 5 heteroatoms. The highest BCUT2D eigenvalue weighted by molar-refractivity contribution is 5.84. The summed E-state index contributed by atoms with van der Waals surface area (Å²) in [7, 11) is 1.99. The lowest BCUT2D eigenvalue weighted by molar-refractivity contribution is 0.112. The van der Waals surface area contributed by atoms with Crippen molar-refractivity contribution in [2.45, 2.75) is 26.2 Å². The summed E-state index contributed by atoms with van der Waals surface area (Å²) in [5, 5.41) is 0. The largest absolute Gasteiger partial charge is 0.380 e. The summed E-state index contributed by atoms with van der Waals surface area (Å²) in [6, 6.07) is 2.88. The average Bonchev–Trinajstić information content (AvgIpc) is 2.61. The number of aromatic nitrogens is 2. The van der Waals surface area contributed by atoms with Crippen LogP contribution in [0.5, 0.6) is 0 Å². The molecule has 1 aromatic carbocycles. The molecule has 0 N–H and O–H groups in total. The van der Waals surface area contributed by atoms with Crippen LogP contribution in [0.3, 0.4) is 0 Å². The Labute approximate surface area is 142 Å². The quantitative estimate of drug-likeness (QED) is 0.539. The number of hydrogen-bond acceptors (Lipinski definition) is 4. The molecule has 24 heavy (non-hydrogen) atoms. The minimum Gasteiger partial charge on any atom is -0.380 e. The van der Waals surface area contributed by atoms with E-state index < -0.39 is 5.82 Å². The van der Waals surface area contributed by atoms with Gasteiger partial charge in [-0.1, -0.05) is 19.8 Å². The van der Waals surface area contributed by atoms with E-state index in [0.29, 0.717) is 28.7 Å². The molecule has 1 aromatic heterocycles. The maximum absolute atomic E-state index is 14.2. The molecule has 4 nitrogen and oxygen atoms in total. The van der Waals surface area contributed by atoms with Crippen molar-refractivity contribution in [3.63, 3.8) is 0 Å². The number of unbranched alkanes of at least 4 members (excludes halogenated alkanes) is 2. The third-order valence-corrected chi connectivity index (χ3v) is 3.76. The van der Waals surface area contributed by atoms with Crippen molar-refractivity contribution in [1.82, 2.24) is 14.9 Å². The van der Waals surface area contributed by atoms with Crippen molar-refractivity contribution >= 4 is 12.4 Å². The fourth-order valence-corrected chi connectivity index (χ4v) is 2.38. The number of hydrogen-bond donors (Lipinski definition) is 0. The van der Waals surface area contributed by atoms with Gasteiger partial charge in [-0.2, -0.15) is 0 Å². The van der Waals surface area contributed by atoms with E-state index in [4.69, 9.17) is 0 Å². The Kier molecular flexibility index (Phi) is 6.61. The molecule has 0 aliphatic carbocycles. The van der Waals surface area contributed by atoms with Crippen molar-refractivity contribution in [2.75, 3.05) is 13.6 Å². The van der Waals surface area contributed by atoms with Gasteiger partial charge in [-0.05, 0) is 36.4 Å². The fourth-order valence-electron chi connectivity index (χ4n) is 2.38. The Morgan fingerprint density at radius 3 is 2.71 bits per heavy atom. The summed E-state index contributed by atoms with van der Waals surface area (Å²) < 4.78 is 14.2. The van der Waals surface area contributed by atoms with Gasteiger partial charge in [0.05, 0.1) is 11.9 Å². The number of rotatable bonds is 8. The number of carbonyl (C=O) groups excluding carboxylic acids is 1. The lowest BCUT2D eigenvalue weighted by Crippen LogP contribution is -2.11. The Morgan fingerprint density at radius 2 is 2.04 bits per heavy atom. The molecule has 0 saturated heterocycles. The smallest absolute Gasteiger partial charge is 0.150 e. The summed E-state index contributed by atoms with van der Waals surface area (Å²) in [4.78, 5) is 21.4. The van der Waals surface area contributed by atoms with Gasteiger partial charge in [0.25, 0.3) is 0 Å². The molecule has 0 spiro atoms. The first kappa shape index (κ1) is 17.8. The monoisotopic (exact) mass is 327 g/mol. The number of carbonyl (C=O) groups is 1. The molecule has 0 amide bonds. The maximum Gasteiger partial charge on any atom is 0.150 e. The summed E-state index contributed by atoms with van der Waals surface area (Å²) >= 11 is 0. The van der Waals surface area contributed by atoms with Crippen LogP contribution in [0.2, 0.25) is 0 Å². The molecule has 0 saturated carbocycles. The zero-order valence-electron chi connectivity index (χ0n) is 14.1. The van der Waals surface area contributed by atoms with E-state index in [1.54, 1.807) is 6.07 Å². The van der Waals surface area contributed by atoms with Crippen LogP contribution in [0.15, 0.2) is 36.9 Å². The van der Waals surface area contributed by atoms with Crippen LogP contribution >= 0.6 is 0 Å². The van der Waals surface area contributed by atoms with Crippen LogP contribution in [-0.4, -0.2) is 34.7 Å². The van der Waals surface area contributed by atoms with E-state index in [1.165, 1.54) is 37.5 Å². The molecule has 2 aromatic rings. The highest BCUT2D eigenvalue weighted by Gasteiger charge is 2.11. The Bertz CT molecular complexity index is 701. The van der Waals surface area contributed by atoms with Crippen molar-refractivity contribution in [1.29, 1.82) is 0 Å². The molecule has 0 aliphatic heterocycles. The summed E-state index contributed by atoms with van der Waals surface area (Å²) in [6.07, 6.45) is 12.4. The number of aldehydes is 1. The van der Waals surface area contributed by atoms with Gasteiger partial charge in [-0.15, -0.1) is 0 Å². The predicted octanol–water partition coefficient (Wildman–Crippen LogP) is 4.19. The third-order valence-electron chi connectivity index (χ3n) is 3.76. The number of benzene rings is 1. The molecule has 0 bridgehead atoms. The average molecular weight is 327 g/mol. The van der Waals surface area contributed by atoms with Gasteiger partial charge in [0.2, 0.25) is 0 Å². The van der Waals surface area contributed by atoms with E-state index >= 15 is 0 Å². The van der Waals surface area contributed by atoms with Crippen LogP contribution in [-0.2, 0) is 0 Å². The molecule has 126 valence electrons. The van der Waals surface area contributed by atoms with E-state index in [-0.39, 0.29) is 0 Å². The third kappa shape index (κ3) is 4.72. The van der Waals surface area contributed by atoms with Crippen molar-refractivity contribution < 1.29 is 9.18 Å². The first-order chi connectivity index (χ1) is 11.7. The van der Waals surface area contributed by atoms with Crippen LogP contribution in [0.25, 0.3) is 17.3 Å². The summed E-state index contributed by atoms with van der Waals surface area (Å²) in [5.41, 5.74) is 1.76. The fraction of sp³-hybridized carbons (Fsp3) is 0.316. The topological polar surface area (TPSA) is 46.1 Å². The van der Waals surface area contributed by atoms with Crippen molar-refractivity contribution in [3.05, 3.63) is 53.9 Å². The number of halogens is 1. The van der Waals surface area contributed by atoms with E-state index in [2.05, 4.69) is 21.8 Å². The normalized spacial score (nSPS) is 11.0. The van der Waals surface area contributed by atoms with Crippen LogP contribution in [0.4, 0.5) is 4.39 Å².